The summed E-state index contributed by atoms with van der Waals surface area (Å²) in [4.78, 5) is 17.0. The molecule has 6 heteroatoms. The van der Waals surface area contributed by atoms with E-state index in [1.807, 2.05) is 38.1 Å². The van der Waals surface area contributed by atoms with Crippen LogP contribution in [-0.4, -0.2) is 15.5 Å². The molecule has 0 aliphatic carbocycles. The van der Waals surface area contributed by atoms with E-state index < -0.39 is 0 Å². The van der Waals surface area contributed by atoms with Gasteiger partial charge in [-0.1, -0.05) is 18.2 Å². The fourth-order valence-electron chi connectivity index (χ4n) is 2.38. The maximum Gasteiger partial charge on any atom is 0.275 e. The lowest BCUT2D eigenvalue weighted by atomic mass is 10.1. The summed E-state index contributed by atoms with van der Waals surface area (Å²) in [6, 6.07) is 8.00. The molecule has 0 fully saturated rings. The quantitative estimate of drug-likeness (QED) is 0.443. The number of benzene rings is 1. The van der Waals surface area contributed by atoms with Crippen molar-refractivity contribution in [3.8, 4) is 0 Å². The number of carbonyl (C=O) groups excluding carboxylic acids is 1. The number of hydrogen-bond acceptors (Lipinski definition) is 4. The van der Waals surface area contributed by atoms with E-state index in [1.54, 1.807) is 6.33 Å². The average molecular weight is 300 g/mol. The molecule has 0 atom stereocenters. The van der Waals surface area contributed by atoms with Crippen molar-refractivity contribution >= 4 is 27.3 Å². The normalized spacial score (nSPS) is 11.0. The summed E-state index contributed by atoms with van der Waals surface area (Å²) in [7, 11) is 0. The second kappa shape index (κ2) is 5.31. The second-order valence-electron chi connectivity index (χ2n) is 4.92. The van der Waals surface area contributed by atoms with Gasteiger partial charge < -0.3 is 4.57 Å². The van der Waals surface area contributed by atoms with E-state index in [0.717, 1.165) is 27.0 Å². The molecule has 0 aliphatic rings. The number of fused-ring (bicyclic) bond motifs is 1. The second-order valence-corrected chi connectivity index (χ2v) is 5.97. The molecule has 21 heavy (non-hydrogen) atoms. The highest BCUT2D eigenvalue weighted by molar-refractivity contribution is 7.21. The summed E-state index contributed by atoms with van der Waals surface area (Å²) < 4.78 is 3.14. The zero-order valence-corrected chi connectivity index (χ0v) is 12.7. The van der Waals surface area contributed by atoms with Gasteiger partial charge in [0.2, 0.25) is 0 Å². The number of thiophene rings is 1. The van der Waals surface area contributed by atoms with Gasteiger partial charge in [0.05, 0.1) is 23.4 Å². The molecule has 0 spiro atoms. The summed E-state index contributed by atoms with van der Waals surface area (Å²) in [6.45, 7) is 4.62. The highest BCUT2D eigenvalue weighted by atomic mass is 32.1. The minimum absolute atomic E-state index is 0.249. The molecule has 0 bridgehead atoms. The van der Waals surface area contributed by atoms with Crippen LogP contribution in [0.1, 0.15) is 26.6 Å². The molecule has 2 heterocycles. The smallest absolute Gasteiger partial charge is 0.275 e. The van der Waals surface area contributed by atoms with Crippen LogP contribution in [-0.2, 0) is 6.54 Å². The lowest BCUT2D eigenvalue weighted by Gasteiger charge is -2.07. The van der Waals surface area contributed by atoms with E-state index >= 15 is 0 Å². The first-order chi connectivity index (χ1) is 10.1. The van der Waals surface area contributed by atoms with Crippen LogP contribution < -0.4 is 11.3 Å². The van der Waals surface area contributed by atoms with Crippen molar-refractivity contribution in [3.05, 3.63) is 52.4 Å². The topological polar surface area (TPSA) is 72.9 Å². The van der Waals surface area contributed by atoms with Gasteiger partial charge in [-0.25, -0.2) is 10.8 Å². The maximum atomic E-state index is 12.0. The van der Waals surface area contributed by atoms with Gasteiger partial charge >= 0.3 is 0 Å². The molecule has 3 rings (SSSR count). The van der Waals surface area contributed by atoms with Crippen LogP contribution in [0.5, 0.6) is 0 Å². The van der Waals surface area contributed by atoms with Crippen molar-refractivity contribution in [2.24, 2.45) is 5.84 Å². The zero-order valence-electron chi connectivity index (χ0n) is 11.9. The summed E-state index contributed by atoms with van der Waals surface area (Å²) in [5.41, 5.74) is 5.32. The Morgan fingerprint density at radius 3 is 2.81 bits per heavy atom. The molecule has 1 aromatic carbocycles. The largest absolute Gasteiger partial charge is 0.330 e. The van der Waals surface area contributed by atoms with Gasteiger partial charge in [-0.15, -0.1) is 11.3 Å². The fraction of sp³-hybridized carbons (Fsp3) is 0.200. The number of nitrogens with one attached hydrogen (secondary N) is 1. The number of hydrazine groups is 1. The third kappa shape index (κ3) is 2.32. The summed E-state index contributed by atoms with van der Waals surface area (Å²) in [5, 5.41) is 1.09. The van der Waals surface area contributed by atoms with Crippen LogP contribution in [0.2, 0.25) is 0 Å². The standard InChI is InChI=1S/C15H16N4OS/c1-9-10(2)19(8-17-9)7-12-11-5-3-4-6-13(11)21-14(12)15(20)18-16/h3-6,8H,7,16H2,1-2H3,(H,18,20). The number of imidazole rings is 1. The van der Waals surface area contributed by atoms with Gasteiger partial charge in [-0.3, -0.25) is 10.2 Å². The molecule has 0 radical (unpaired) electrons. The number of nitrogens with zero attached hydrogens (tertiary/aromatic N) is 2. The third-order valence-electron chi connectivity index (χ3n) is 3.71. The van der Waals surface area contributed by atoms with Crippen molar-refractivity contribution < 1.29 is 4.79 Å². The number of aryl methyl sites for hydroxylation is 1. The predicted octanol–water partition coefficient (Wildman–Crippen LogP) is 2.37. The molecule has 5 nitrogen and oxygen atoms in total. The van der Waals surface area contributed by atoms with Gasteiger partial charge in [0, 0.05) is 16.0 Å². The van der Waals surface area contributed by atoms with E-state index in [0.29, 0.717) is 11.4 Å². The number of rotatable bonds is 3. The molecule has 2 aromatic heterocycles. The van der Waals surface area contributed by atoms with Crippen LogP contribution in [0.15, 0.2) is 30.6 Å². The van der Waals surface area contributed by atoms with Crippen molar-refractivity contribution in [1.82, 2.24) is 15.0 Å². The Hall–Kier alpha value is -2.18. The summed E-state index contributed by atoms with van der Waals surface area (Å²) >= 11 is 1.46. The van der Waals surface area contributed by atoms with Crippen molar-refractivity contribution in [2.45, 2.75) is 20.4 Å². The fourth-order valence-corrected chi connectivity index (χ4v) is 3.50. The molecule has 0 aliphatic heterocycles. The number of aromatic nitrogens is 2. The molecule has 3 N–H and O–H groups in total. The Bertz CT molecular complexity index is 818. The Morgan fingerprint density at radius 1 is 1.38 bits per heavy atom. The van der Waals surface area contributed by atoms with Crippen molar-refractivity contribution in [1.29, 1.82) is 0 Å². The number of nitrogens with two attached hydrogens (primary N) is 1. The Balaban J connectivity index is 2.15. The monoisotopic (exact) mass is 300 g/mol. The van der Waals surface area contributed by atoms with Crippen molar-refractivity contribution in [3.63, 3.8) is 0 Å². The number of carbonyl (C=O) groups is 1. The SMILES string of the molecule is Cc1ncn(Cc2c(C(=O)NN)sc3ccccc23)c1C. The summed E-state index contributed by atoms with van der Waals surface area (Å²) in [5.74, 6) is 5.06. The first kappa shape index (κ1) is 13.8. The van der Waals surface area contributed by atoms with Crippen LogP contribution in [0.4, 0.5) is 0 Å². The molecule has 0 saturated carbocycles. The van der Waals surface area contributed by atoms with Gasteiger partial charge in [-0.05, 0) is 25.3 Å². The first-order valence-corrected chi connectivity index (χ1v) is 7.43. The van der Waals surface area contributed by atoms with E-state index in [9.17, 15) is 4.79 Å². The highest BCUT2D eigenvalue weighted by Gasteiger charge is 2.18. The molecule has 0 saturated heterocycles. The zero-order chi connectivity index (χ0) is 15.0. The van der Waals surface area contributed by atoms with E-state index in [1.165, 1.54) is 11.3 Å². The minimum atomic E-state index is -0.249. The minimum Gasteiger partial charge on any atom is -0.330 e. The molecular formula is C15H16N4OS. The molecule has 108 valence electrons. The third-order valence-corrected chi connectivity index (χ3v) is 4.92. The summed E-state index contributed by atoms with van der Waals surface area (Å²) in [6.07, 6.45) is 1.81. The van der Waals surface area contributed by atoms with E-state index in [2.05, 4.69) is 15.0 Å². The lowest BCUT2D eigenvalue weighted by molar-refractivity contribution is 0.0957. The number of nitrogen functional groups attached to an aromatic ring is 1. The molecule has 1 amide bonds. The van der Waals surface area contributed by atoms with Gasteiger partial charge in [-0.2, -0.15) is 0 Å². The average Bonchev–Trinajstić information content (AvgIpc) is 3.02. The lowest BCUT2D eigenvalue weighted by Crippen LogP contribution is -2.30. The highest BCUT2D eigenvalue weighted by Crippen LogP contribution is 2.32. The van der Waals surface area contributed by atoms with E-state index in [-0.39, 0.29) is 5.91 Å². The van der Waals surface area contributed by atoms with E-state index in [4.69, 9.17) is 5.84 Å². The van der Waals surface area contributed by atoms with Gasteiger partial charge in [0.15, 0.2) is 0 Å². The Kier molecular flexibility index (Phi) is 3.48. The first-order valence-electron chi connectivity index (χ1n) is 6.61. The van der Waals surface area contributed by atoms with Crippen LogP contribution in [0.3, 0.4) is 0 Å². The van der Waals surface area contributed by atoms with Crippen LogP contribution in [0.25, 0.3) is 10.1 Å². The molecule has 3 aromatic rings. The predicted molar refractivity (Wildman–Crippen MR) is 84.3 cm³/mol. The Labute approximate surface area is 126 Å². The van der Waals surface area contributed by atoms with Crippen LogP contribution >= 0.6 is 11.3 Å². The van der Waals surface area contributed by atoms with Gasteiger partial charge in [0.25, 0.3) is 5.91 Å². The van der Waals surface area contributed by atoms with Crippen LogP contribution in [0, 0.1) is 13.8 Å². The number of hydrogen-bond donors (Lipinski definition) is 2. The maximum absolute atomic E-state index is 12.0. The number of amides is 1. The van der Waals surface area contributed by atoms with Gasteiger partial charge in [0.1, 0.15) is 0 Å². The molecular weight excluding hydrogens is 284 g/mol. The molecule has 0 unspecified atom stereocenters. The van der Waals surface area contributed by atoms with Crippen molar-refractivity contribution in [2.75, 3.05) is 0 Å². The Morgan fingerprint density at radius 2 is 2.14 bits per heavy atom.